The predicted octanol–water partition coefficient (Wildman–Crippen LogP) is 2.50. The van der Waals surface area contributed by atoms with Crippen LogP contribution in [0.2, 0.25) is 0 Å². The van der Waals surface area contributed by atoms with Crippen LogP contribution in [0, 0.1) is 0 Å². The molecule has 0 aliphatic carbocycles. The number of nitrogens with zero attached hydrogens (tertiary/aromatic N) is 2. The van der Waals surface area contributed by atoms with Crippen LogP contribution in [0.4, 0.5) is 0 Å². The van der Waals surface area contributed by atoms with E-state index in [1.165, 1.54) is 11.3 Å². The monoisotopic (exact) mass is 277 g/mol. The molecule has 0 fully saturated rings. The van der Waals surface area contributed by atoms with Crippen LogP contribution in [0.1, 0.15) is 24.4 Å². The maximum absolute atomic E-state index is 5.94. The molecule has 2 aromatic rings. The van der Waals surface area contributed by atoms with Gasteiger partial charge in [-0.15, -0.1) is 5.10 Å². The summed E-state index contributed by atoms with van der Waals surface area (Å²) in [4.78, 5) is 0. The van der Waals surface area contributed by atoms with Crippen LogP contribution in [0.15, 0.2) is 18.2 Å². The first-order chi connectivity index (χ1) is 9.07. The van der Waals surface area contributed by atoms with Gasteiger partial charge in [0.15, 0.2) is 11.5 Å². The third-order valence-electron chi connectivity index (χ3n) is 2.88. The fourth-order valence-corrected chi connectivity index (χ4v) is 2.70. The molecular weight excluding hydrogens is 262 g/mol. The molecule has 1 aliphatic heterocycles. The van der Waals surface area contributed by atoms with Crippen LogP contribution >= 0.6 is 11.3 Å². The summed E-state index contributed by atoms with van der Waals surface area (Å²) in [6.45, 7) is 4.50. The molecule has 1 aromatic heterocycles. The van der Waals surface area contributed by atoms with Gasteiger partial charge < -0.3 is 15.2 Å². The van der Waals surface area contributed by atoms with Gasteiger partial charge in [0.2, 0.25) is 0 Å². The van der Waals surface area contributed by atoms with E-state index >= 15 is 0 Å². The molecule has 0 saturated carbocycles. The Labute approximate surface area is 115 Å². The van der Waals surface area contributed by atoms with Crippen LogP contribution in [0.5, 0.6) is 16.7 Å². The Bertz CT molecular complexity index is 610. The first-order valence-corrected chi connectivity index (χ1v) is 6.90. The molecule has 1 aliphatic rings. The minimum absolute atomic E-state index is 0.189. The maximum Gasteiger partial charge on any atom is 0.299 e. The van der Waals surface area contributed by atoms with Crippen molar-refractivity contribution < 1.29 is 9.47 Å². The molecule has 0 amide bonds. The average molecular weight is 277 g/mol. The highest BCUT2D eigenvalue weighted by Crippen LogP contribution is 2.43. The van der Waals surface area contributed by atoms with Crippen molar-refractivity contribution in [2.75, 3.05) is 0 Å². The van der Waals surface area contributed by atoms with Gasteiger partial charge in [-0.2, -0.15) is 0 Å². The lowest BCUT2D eigenvalue weighted by molar-refractivity contribution is 0.135. The average Bonchev–Trinajstić information content (AvgIpc) is 2.92. The highest BCUT2D eigenvalue weighted by Gasteiger charge is 2.32. The van der Waals surface area contributed by atoms with E-state index < -0.39 is 0 Å². The summed E-state index contributed by atoms with van der Waals surface area (Å²) in [6.07, 6.45) is 0.879. The summed E-state index contributed by atoms with van der Waals surface area (Å²) in [5.74, 6) is 1.49. The topological polar surface area (TPSA) is 70.3 Å². The molecule has 6 heteroatoms. The van der Waals surface area contributed by atoms with E-state index in [-0.39, 0.29) is 5.60 Å². The SMILES string of the molecule is CC1(C)Cc2cccc(Oc3nnc(CN)s3)c2O1. The third kappa shape index (κ3) is 2.41. The minimum Gasteiger partial charge on any atom is -0.483 e. The molecule has 0 bridgehead atoms. The number of fused-ring (bicyclic) bond motifs is 1. The molecule has 0 saturated heterocycles. The first-order valence-electron chi connectivity index (χ1n) is 6.08. The molecule has 2 heterocycles. The van der Waals surface area contributed by atoms with Gasteiger partial charge in [0.05, 0.1) is 0 Å². The standard InChI is InChI=1S/C13H15N3O2S/c1-13(2)6-8-4-3-5-9(11(8)18-13)17-12-16-15-10(7-14)19-12/h3-5H,6-7,14H2,1-2H3. The maximum atomic E-state index is 5.94. The highest BCUT2D eigenvalue weighted by atomic mass is 32.1. The highest BCUT2D eigenvalue weighted by molar-refractivity contribution is 7.13. The van der Waals surface area contributed by atoms with Crippen LogP contribution in [-0.4, -0.2) is 15.8 Å². The smallest absolute Gasteiger partial charge is 0.299 e. The second-order valence-electron chi connectivity index (χ2n) is 5.05. The van der Waals surface area contributed by atoms with Crippen molar-refractivity contribution in [3.05, 3.63) is 28.8 Å². The Kier molecular flexibility index (Phi) is 2.91. The molecule has 3 rings (SSSR count). The van der Waals surface area contributed by atoms with E-state index in [0.717, 1.165) is 22.7 Å². The van der Waals surface area contributed by atoms with E-state index in [2.05, 4.69) is 30.1 Å². The number of hydrogen-bond donors (Lipinski definition) is 1. The second-order valence-corrected chi connectivity index (χ2v) is 6.08. The fraction of sp³-hybridized carbons (Fsp3) is 0.385. The Hall–Kier alpha value is -1.66. The Morgan fingerprint density at radius 2 is 2.26 bits per heavy atom. The number of nitrogens with two attached hydrogens (primary N) is 1. The number of para-hydroxylation sites is 1. The third-order valence-corrected chi connectivity index (χ3v) is 3.70. The lowest BCUT2D eigenvalue weighted by atomic mass is 10.0. The van der Waals surface area contributed by atoms with Gasteiger partial charge in [0, 0.05) is 18.5 Å². The summed E-state index contributed by atoms with van der Waals surface area (Å²) in [5, 5.41) is 9.13. The summed E-state index contributed by atoms with van der Waals surface area (Å²) in [6, 6.07) is 5.90. The van der Waals surface area contributed by atoms with Crippen LogP contribution in [-0.2, 0) is 13.0 Å². The summed E-state index contributed by atoms with van der Waals surface area (Å²) in [7, 11) is 0. The summed E-state index contributed by atoms with van der Waals surface area (Å²) in [5.41, 5.74) is 6.48. The van der Waals surface area contributed by atoms with Gasteiger partial charge in [0.1, 0.15) is 10.6 Å². The van der Waals surface area contributed by atoms with E-state index in [1.807, 2.05) is 12.1 Å². The molecule has 0 unspecified atom stereocenters. The van der Waals surface area contributed by atoms with Gasteiger partial charge in [-0.1, -0.05) is 28.6 Å². The minimum atomic E-state index is -0.189. The summed E-state index contributed by atoms with van der Waals surface area (Å²) < 4.78 is 11.7. The fourth-order valence-electron chi connectivity index (χ4n) is 2.12. The molecule has 1 aromatic carbocycles. The van der Waals surface area contributed by atoms with Gasteiger partial charge in [0.25, 0.3) is 5.19 Å². The zero-order chi connectivity index (χ0) is 13.5. The molecule has 5 nitrogen and oxygen atoms in total. The zero-order valence-corrected chi connectivity index (χ0v) is 11.7. The summed E-state index contributed by atoms with van der Waals surface area (Å²) >= 11 is 1.35. The number of ether oxygens (including phenoxy) is 2. The molecule has 0 radical (unpaired) electrons. The van der Waals surface area contributed by atoms with E-state index in [9.17, 15) is 0 Å². The first kappa shape index (κ1) is 12.4. The van der Waals surface area contributed by atoms with E-state index in [4.69, 9.17) is 15.2 Å². The van der Waals surface area contributed by atoms with E-state index in [1.54, 1.807) is 0 Å². The number of hydrogen-bond acceptors (Lipinski definition) is 6. The lowest BCUT2D eigenvalue weighted by Crippen LogP contribution is -2.24. The number of aromatic nitrogens is 2. The lowest BCUT2D eigenvalue weighted by Gasteiger charge is -2.17. The van der Waals surface area contributed by atoms with Gasteiger partial charge in [-0.3, -0.25) is 0 Å². The van der Waals surface area contributed by atoms with Crippen molar-refractivity contribution in [1.29, 1.82) is 0 Å². The van der Waals surface area contributed by atoms with Gasteiger partial charge in [-0.05, 0) is 19.9 Å². The number of rotatable bonds is 3. The van der Waals surface area contributed by atoms with Crippen molar-refractivity contribution in [3.63, 3.8) is 0 Å². The van der Waals surface area contributed by atoms with Crippen molar-refractivity contribution in [3.8, 4) is 16.7 Å². The Morgan fingerprint density at radius 1 is 1.42 bits per heavy atom. The van der Waals surface area contributed by atoms with Gasteiger partial charge >= 0.3 is 0 Å². The normalized spacial score (nSPS) is 15.9. The van der Waals surface area contributed by atoms with Crippen molar-refractivity contribution >= 4 is 11.3 Å². The molecular formula is C13H15N3O2S. The van der Waals surface area contributed by atoms with Crippen molar-refractivity contribution in [2.45, 2.75) is 32.4 Å². The van der Waals surface area contributed by atoms with Crippen molar-refractivity contribution in [1.82, 2.24) is 10.2 Å². The predicted molar refractivity (Wildman–Crippen MR) is 72.7 cm³/mol. The largest absolute Gasteiger partial charge is 0.483 e. The van der Waals surface area contributed by atoms with Crippen LogP contribution < -0.4 is 15.2 Å². The number of benzene rings is 1. The Morgan fingerprint density at radius 3 is 3.00 bits per heavy atom. The van der Waals surface area contributed by atoms with Crippen LogP contribution in [0.3, 0.4) is 0 Å². The van der Waals surface area contributed by atoms with Gasteiger partial charge in [-0.25, -0.2) is 0 Å². The molecule has 100 valence electrons. The van der Waals surface area contributed by atoms with Crippen LogP contribution in [0.25, 0.3) is 0 Å². The molecule has 0 atom stereocenters. The second kappa shape index (κ2) is 4.47. The van der Waals surface area contributed by atoms with Crippen molar-refractivity contribution in [2.24, 2.45) is 5.73 Å². The van der Waals surface area contributed by atoms with E-state index in [0.29, 0.717) is 17.5 Å². The molecule has 2 N–H and O–H groups in total. The molecule has 19 heavy (non-hydrogen) atoms. The zero-order valence-electron chi connectivity index (χ0n) is 10.8. The Balaban J connectivity index is 1.89. The quantitative estimate of drug-likeness (QED) is 0.933. The molecule has 0 spiro atoms.